The minimum Gasteiger partial charge on any atom is -0.374 e. The number of ether oxygens (including phenoxy) is 1. The Balaban J connectivity index is 1.75. The summed E-state index contributed by atoms with van der Waals surface area (Å²) in [5.74, 6) is 9.00. The molecule has 3 unspecified atom stereocenters. The monoisotopic (exact) mass is 300 g/mol. The molecule has 3 nitrogen and oxygen atoms in total. The zero-order valence-electron chi connectivity index (χ0n) is 13.0. The summed E-state index contributed by atoms with van der Waals surface area (Å²) in [5.41, 5.74) is 3.29. The first kappa shape index (κ1) is 16.6. The molecule has 0 aromatic carbocycles. The van der Waals surface area contributed by atoms with Gasteiger partial charge in [-0.3, -0.25) is 11.3 Å². The van der Waals surface area contributed by atoms with Gasteiger partial charge in [0, 0.05) is 18.4 Å². The van der Waals surface area contributed by atoms with Crippen LogP contribution < -0.4 is 11.3 Å². The second-order valence-electron chi connectivity index (χ2n) is 6.56. The van der Waals surface area contributed by atoms with Crippen molar-refractivity contribution in [2.75, 3.05) is 18.1 Å². The minimum atomic E-state index is 0.185. The van der Waals surface area contributed by atoms with Crippen LogP contribution in [0.5, 0.6) is 0 Å². The Morgan fingerprint density at radius 1 is 1.35 bits per heavy atom. The molecule has 0 aromatic heterocycles. The van der Waals surface area contributed by atoms with Gasteiger partial charge in [0.15, 0.2) is 0 Å². The summed E-state index contributed by atoms with van der Waals surface area (Å²) in [6, 6.07) is 0.489. The molecule has 3 N–H and O–H groups in total. The van der Waals surface area contributed by atoms with E-state index < -0.39 is 0 Å². The van der Waals surface area contributed by atoms with Crippen LogP contribution in [0.15, 0.2) is 0 Å². The minimum absolute atomic E-state index is 0.185. The molecule has 2 aliphatic heterocycles. The summed E-state index contributed by atoms with van der Waals surface area (Å²) in [4.78, 5) is 0. The highest BCUT2D eigenvalue weighted by Crippen LogP contribution is 2.41. The Morgan fingerprint density at radius 3 is 2.90 bits per heavy atom. The SMILES string of the molecule is CCCCCCCC(NN)C1CCOC2(CCSC2)C1. The molecule has 2 aliphatic rings. The fraction of sp³-hybridized carbons (Fsp3) is 1.00. The number of unbranched alkanes of at least 4 members (excludes halogenated alkanes) is 4. The molecule has 4 heteroatoms. The summed E-state index contributed by atoms with van der Waals surface area (Å²) < 4.78 is 6.12. The van der Waals surface area contributed by atoms with Crippen LogP contribution in [-0.2, 0) is 4.74 Å². The lowest BCUT2D eigenvalue weighted by atomic mass is 9.80. The summed E-state index contributed by atoms with van der Waals surface area (Å²) in [5, 5.41) is 0. The van der Waals surface area contributed by atoms with Gasteiger partial charge in [-0.25, -0.2) is 0 Å². The average Bonchev–Trinajstić information content (AvgIpc) is 2.91. The van der Waals surface area contributed by atoms with E-state index in [-0.39, 0.29) is 5.60 Å². The summed E-state index contributed by atoms with van der Waals surface area (Å²) in [6.07, 6.45) is 11.6. The number of thioether (sulfide) groups is 1. The van der Waals surface area contributed by atoms with E-state index in [2.05, 4.69) is 24.1 Å². The van der Waals surface area contributed by atoms with Gasteiger partial charge in [-0.2, -0.15) is 11.8 Å². The summed E-state index contributed by atoms with van der Waals surface area (Å²) in [6.45, 7) is 3.20. The van der Waals surface area contributed by atoms with Gasteiger partial charge in [0.25, 0.3) is 0 Å². The Morgan fingerprint density at radius 2 is 2.20 bits per heavy atom. The highest BCUT2D eigenvalue weighted by molar-refractivity contribution is 7.99. The Bertz CT molecular complexity index is 269. The molecule has 0 saturated carbocycles. The molecular weight excluding hydrogens is 268 g/mol. The average molecular weight is 301 g/mol. The van der Waals surface area contributed by atoms with Crippen molar-refractivity contribution in [2.24, 2.45) is 11.8 Å². The largest absolute Gasteiger partial charge is 0.374 e. The molecule has 0 radical (unpaired) electrons. The molecule has 2 fully saturated rings. The molecule has 3 atom stereocenters. The highest BCUT2D eigenvalue weighted by atomic mass is 32.2. The van der Waals surface area contributed by atoms with Crippen LogP contribution >= 0.6 is 11.8 Å². The van der Waals surface area contributed by atoms with Crippen molar-refractivity contribution in [3.8, 4) is 0 Å². The molecule has 20 heavy (non-hydrogen) atoms. The van der Waals surface area contributed by atoms with Gasteiger partial charge in [-0.1, -0.05) is 39.0 Å². The van der Waals surface area contributed by atoms with Crippen molar-refractivity contribution < 1.29 is 4.74 Å². The number of rotatable bonds is 8. The molecule has 0 bridgehead atoms. The van der Waals surface area contributed by atoms with Crippen LogP contribution in [0.4, 0.5) is 0 Å². The molecule has 0 amide bonds. The first-order chi connectivity index (χ1) is 9.79. The number of hydrogen-bond donors (Lipinski definition) is 2. The van der Waals surface area contributed by atoms with E-state index in [0.717, 1.165) is 6.61 Å². The molecule has 0 aromatic rings. The first-order valence-corrected chi connectivity index (χ1v) is 9.63. The van der Waals surface area contributed by atoms with Gasteiger partial charge in [-0.05, 0) is 37.4 Å². The maximum absolute atomic E-state index is 6.12. The fourth-order valence-electron chi connectivity index (χ4n) is 3.70. The molecule has 2 heterocycles. The maximum Gasteiger partial charge on any atom is 0.0783 e. The van der Waals surface area contributed by atoms with Gasteiger partial charge in [0.2, 0.25) is 0 Å². The molecule has 118 valence electrons. The molecule has 2 rings (SSSR count). The van der Waals surface area contributed by atoms with E-state index in [4.69, 9.17) is 10.6 Å². The molecule has 2 saturated heterocycles. The zero-order chi connectivity index (χ0) is 14.3. The van der Waals surface area contributed by atoms with Crippen molar-refractivity contribution in [1.29, 1.82) is 0 Å². The third-order valence-corrected chi connectivity index (χ3v) is 6.22. The number of nitrogens with two attached hydrogens (primary N) is 1. The van der Waals surface area contributed by atoms with Crippen LogP contribution in [0, 0.1) is 5.92 Å². The third kappa shape index (κ3) is 4.62. The van der Waals surface area contributed by atoms with Gasteiger partial charge < -0.3 is 4.74 Å². The van der Waals surface area contributed by atoms with Gasteiger partial charge in [-0.15, -0.1) is 0 Å². The molecule has 1 spiro atoms. The standard InChI is InChI=1S/C16H32N2OS/c1-2-3-4-5-6-7-15(18-17)14-8-10-19-16(12-14)9-11-20-13-16/h14-15,18H,2-13,17H2,1H3. The maximum atomic E-state index is 6.12. The van der Waals surface area contributed by atoms with Crippen molar-refractivity contribution in [1.82, 2.24) is 5.43 Å². The predicted molar refractivity (Wildman–Crippen MR) is 87.8 cm³/mol. The van der Waals surface area contributed by atoms with Crippen LogP contribution in [0.1, 0.15) is 64.7 Å². The van der Waals surface area contributed by atoms with Gasteiger partial charge >= 0.3 is 0 Å². The van der Waals surface area contributed by atoms with Crippen molar-refractivity contribution >= 4 is 11.8 Å². The predicted octanol–water partition coefficient (Wildman–Crippen LogP) is 3.48. The van der Waals surface area contributed by atoms with E-state index in [9.17, 15) is 0 Å². The van der Waals surface area contributed by atoms with Crippen LogP contribution in [0.25, 0.3) is 0 Å². The zero-order valence-corrected chi connectivity index (χ0v) is 13.9. The quantitative estimate of drug-likeness (QED) is 0.409. The number of hydrazine groups is 1. The van der Waals surface area contributed by atoms with Crippen molar-refractivity contribution in [3.63, 3.8) is 0 Å². The Labute approximate surface area is 128 Å². The fourth-order valence-corrected chi connectivity index (χ4v) is 5.07. The highest BCUT2D eigenvalue weighted by Gasteiger charge is 2.42. The molecular formula is C16H32N2OS. The van der Waals surface area contributed by atoms with E-state index in [1.807, 2.05) is 0 Å². The van der Waals surface area contributed by atoms with Gasteiger partial charge in [0.05, 0.1) is 5.60 Å². The van der Waals surface area contributed by atoms with Crippen LogP contribution in [-0.4, -0.2) is 29.8 Å². The Kier molecular flexibility index (Phi) is 7.15. The van der Waals surface area contributed by atoms with E-state index in [1.54, 1.807) is 0 Å². The van der Waals surface area contributed by atoms with Crippen LogP contribution in [0.2, 0.25) is 0 Å². The lowest BCUT2D eigenvalue weighted by Gasteiger charge is -2.40. The van der Waals surface area contributed by atoms with E-state index in [0.29, 0.717) is 12.0 Å². The first-order valence-electron chi connectivity index (χ1n) is 8.47. The third-order valence-electron chi connectivity index (χ3n) is 5.00. The summed E-state index contributed by atoms with van der Waals surface area (Å²) in [7, 11) is 0. The van der Waals surface area contributed by atoms with E-state index >= 15 is 0 Å². The van der Waals surface area contributed by atoms with E-state index in [1.165, 1.54) is 69.3 Å². The smallest absolute Gasteiger partial charge is 0.0783 e. The lowest BCUT2D eigenvalue weighted by molar-refractivity contribution is -0.0856. The van der Waals surface area contributed by atoms with Crippen molar-refractivity contribution in [2.45, 2.75) is 76.4 Å². The normalized spacial score (nSPS) is 31.8. The second kappa shape index (κ2) is 8.62. The molecule has 0 aliphatic carbocycles. The van der Waals surface area contributed by atoms with Crippen molar-refractivity contribution in [3.05, 3.63) is 0 Å². The second-order valence-corrected chi connectivity index (χ2v) is 7.67. The summed E-state index contributed by atoms with van der Waals surface area (Å²) >= 11 is 2.05. The lowest BCUT2D eigenvalue weighted by Crippen LogP contribution is -2.48. The number of hydrogen-bond acceptors (Lipinski definition) is 4. The topological polar surface area (TPSA) is 47.3 Å². The number of nitrogens with one attached hydrogen (secondary N) is 1. The van der Waals surface area contributed by atoms with Crippen LogP contribution in [0.3, 0.4) is 0 Å². The Hall–Kier alpha value is 0.230. The van der Waals surface area contributed by atoms with Gasteiger partial charge in [0.1, 0.15) is 0 Å².